The number of amides is 1. The quantitative estimate of drug-likeness (QED) is 0.0824. The van der Waals surface area contributed by atoms with Crippen molar-refractivity contribution < 1.29 is 41.7 Å². The number of hydrogen-bond acceptors (Lipinski definition) is 9. The summed E-state index contributed by atoms with van der Waals surface area (Å²) in [4.78, 5) is 30.9. The molecule has 3 heterocycles. The number of carbonyl (C=O) groups excluding carboxylic acids is 1. The fraction of sp³-hybridized carbons (Fsp3) is 0.288. The highest BCUT2D eigenvalue weighted by molar-refractivity contribution is 7.91. The molecule has 1 aliphatic carbocycles. The molecule has 6 aromatic carbocycles. The van der Waals surface area contributed by atoms with E-state index in [-0.39, 0.29) is 47.9 Å². The van der Waals surface area contributed by atoms with Gasteiger partial charge < -0.3 is 24.2 Å². The summed E-state index contributed by atoms with van der Waals surface area (Å²) in [5, 5.41) is 16.2. The van der Waals surface area contributed by atoms with Gasteiger partial charge in [-0.1, -0.05) is 131 Å². The van der Waals surface area contributed by atoms with Gasteiger partial charge in [0.2, 0.25) is 5.03 Å². The van der Waals surface area contributed by atoms with Crippen molar-refractivity contribution >= 4 is 43.7 Å². The number of esters is 1. The fourth-order valence-electron chi connectivity index (χ4n) is 10.5. The summed E-state index contributed by atoms with van der Waals surface area (Å²) in [6, 6.07) is 40.6. The molecule has 14 heteroatoms. The van der Waals surface area contributed by atoms with Gasteiger partial charge >= 0.3 is 12.1 Å². The van der Waals surface area contributed by atoms with E-state index >= 15 is 4.39 Å². The van der Waals surface area contributed by atoms with Crippen LogP contribution in [0.4, 0.5) is 9.18 Å². The van der Waals surface area contributed by atoms with E-state index in [0.717, 1.165) is 40.7 Å². The minimum atomic E-state index is -4.18. The molecule has 12 nitrogen and oxygen atoms in total. The molecule has 2 aromatic heterocycles. The van der Waals surface area contributed by atoms with Crippen molar-refractivity contribution in [2.75, 3.05) is 26.0 Å². The molecule has 1 amide bonds. The number of aromatic nitrogens is 3. The minimum absolute atomic E-state index is 0.0453. The average Bonchev–Trinajstić information content (AvgIpc) is 3.99. The molecule has 0 unspecified atom stereocenters. The number of benzene rings is 6. The van der Waals surface area contributed by atoms with Gasteiger partial charge in [0.15, 0.2) is 21.3 Å². The van der Waals surface area contributed by atoms with Crippen LogP contribution in [0.3, 0.4) is 0 Å². The van der Waals surface area contributed by atoms with Gasteiger partial charge in [0.05, 0.1) is 36.0 Å². The Hall–Kier alpha value is -7.58. The van der Waals surface area contributed by atoms with Crippen molar-refractivity contribution in [3.63, 3.8) is 0 Å². The fourth-order valence-corrected chi connectivity index (χ4v) is 11.4. The number of sulfone groups is 1. The van der Waals surface area contributed by atoms with Crippen LogP contribution >= 0.6 is 0 Å². The maximum Gasteiger partial charge on any atom is 0.407 e. The van der Waals surface area contributed by atoms with Crippen LogP contribution in [0.25, 0.3) is 32.9 Å². The Morgan fingerprint density at radius 2 is 1.41 bits per heavy atom. The summed E-state index contributed by atoms with van der Waals surface area (Å²) < 4.78 is 66.6. The summed E-state index contributed by atoms with van der Waals surface area (Å²) in [5.41, 5.74) is 6.22. The number of pyridine rings is 1. The highest BCUT2D eigenvalue weighted by Crippen LogP contribution is 2.55. The van der Waals surface area contributed by atoms with Crippen molar-refractivity contribution in [1.82, 2.24) is 19.7 Å². The predicted octanol–water partition coefficient (Wildman–Crippen LogP) is 12.0. The van der Waals surface area contributed by atoms with Crippen molar-refractivity contribution in [2.24, 2.45) is 0 Å². The lowest BCUT2D eigenvalue weighted by Crippen LogP contribution is -2.38. The molecule has 374 valence electrons. The number of hydrogen-bond donors (Lipinski definition) is 1. The molecular formula is C59H57FN4O8S. The first-order valence-corrected chi connectivity index (χ1v) is 26.3. The zero-order valence-electron chi connectivity index (χ0n) is 41.7. The second-order valence-corrected chi connectivity index (χ2v) is 22.2. The molecule has 2 fully saturated rings. The number of ether oxygens (including phenoxy) is 3. The number of fused-ring (bicyclic) bond motifs is 2. The van der Waals surface area contributed by atoms with E-state index in [1.54, 1.807) is 31.2 Å². The molecule has 1 aliphatic heterocycles. The Balaban J connectivity index is 1.28. The monoisotopic (exact) mass is 1000 g/mol. The third-order valence-corrected chi connectivity index (χ3v) is 15.9. The summed E-state index contributed by atoms with van der Waals surface area (Å²) >= 11 is 0. The largest absolute Gasteiger partial charge is 0.484 e. The number of carbonyl (C=O) groups is 2. The van der Waals surface area contributed by atoms with Crippen LogP contribution in [-0.4, -0.2) is 77.3 Å². The molecule has 1 saturated heterocycles. The van der Waals surface area contributed by atoms with E-state index in [1.807, 2.05) is 92.3 Å². The van der Waals surface area contributed by atoms with Gasteiger partial charge in [-0.05, 0) is 99.4 Å². The molecule has 73 heavy (non-hydrogen) atoms. The number of nitrogens with zero attached hydrogens (tertiary/aromatic N) is 4. The van der Waals surface area contributed by atoms with E-state index in [1.165, 1.54) is 25.0 Å². The summed E-state index contributed by atoms with van der Waals surface area (Å²) in [5.74, 6) is -1.20. The molecule has 8 aromatic rings. The molecule has 1 atom stereocenters. The van der Waals surface area contributed by atoms with Crippen molar-refractivity contribution in [3.8, 4) is 22.6 Å². The topological polar surface area (TPSA) is 150 Å². The van der Waals surface area contributed by atoms with Gasteiger partial charge in [-0.3, -0.25) is 4.68 Å². The standard InChI is InChI=1S/C59H57FN4O8S/c1-7-73(68,69)55-54(71-35-37-23-25-39(26-24-37)56(65)70-6)53(72-43-29-30-63(33-43)57(66)67)45-31-44(38-27-28-38)50(51(52(45)61-55)58(3,4)5)49-36(2)47(60)32-48-46(49)34-64(62-48)59(40-17-11-8-12-18-40,41-19-13-9-14-20-41)42-21-15-10-16-22-42/h8-26,31-32,34,38,43H,7,27-30,33,35H2,1-6H3,(H,66,67)/t43-/m0/s1. The van der Waals surface area contributed by atoms with Crippen molar-refractivity contribution in [3.05, 3.63) is 184 Å². The van der Waals surface area contributed by atoms with Crippen molar-refractivity contribution in [1.29, 1.82) is 0 Å². The van der Waals surface area contributed by atoms with Crippen LogP contribution < -0.4 is 9.47 Å². The summed E-state index contributed by atoms with van der Waals surface area (Å²) in [7, 11) is -2.88. The van der Waals surface area contributed by atoms with E-state index in [0.29, 0.717) is 56.0 Å². The van der Waals surface area contributed by atoms with Crippen LogP contribution in [-0.2, 0) is 32.1 Å². The zero-order chi connectivity index (χ0) is 51.4. The SMILES string of the molecule is CCS(=O)(=O)c1nc2c(C(C)(C)C)c(-c3c(C)c(F)cc4nn(C(c5ccccc5)(c5ccccc5)c5ccccc5)cc34)c(C3CC3)cc2c(O[C@H]2CCN(C(=O)O)C2)c1OCc1ccc(C(=O)OC)cc1. The molecule has 1 saturated carbocycles. The molecule has 1 N–H and O–H groups in total. The molecule has 0 spiro atoms. The molecule has 10 rings (SSSR count). The number of methoxy groups -OCH3 is 1. The van der Waals surface area contributed by atoms with Crippen LogP contribution in [0.1, 0.15) is 102 Å². The molecular weight excluding hydrogens is 944 g/mol. The zero-order valence-corrected chi connectivity index (χ0v) is 42.5. The third kappa shape index (κ3) is 8.85. The molecule has 0 bridgehead atoms. The number of rotatable bonds is 14. The Labute approximate surface area is 424 Å². The van der Waals surface area contributed by atoms with Crippen LogP contribution in [0, 0.1) is 12.7 Å². The molecule has 0 radical (unpaired) electrons. The summed E-state index contributed by atoms with van der Waals surface area (Å²) in [6.45, 7) is 9.60. The van der Waals surface area contributed by atoms with E-state index < -0.39 is 44.8 Å². The highest BCUT2D eigenvalue weighted by Gasteiger charge is 2.42. The smallest absolute Gasteiger partial charge is 0.407 e. The number of halogens is 1. The number of likely N-dealkylation sites (tertiary alicyclic amines) is 1. The van der Waals surface area contributed by atoms with Crippen LogP contribution in [0.15, 0.2) is 139 Å². The van der Waals surface area contributed by atoms with Crippen LogP contribution in [0.2, 0.25) is 0 Å². The second kappa shape index (κ2) is 19.1. The lowest BCUT2D eigenvalue weighted by atomic mass is 9.76. The van der Waals surface area contributed by atoms with Crippen molar-refractivity contribution in [2.45, 2.75) is 88.5 Å². The Morgan fingerprint density at radius 3 is 1.93 bits per heavy atom. The maximum atomic E-state index is 17.1. The third-order valence-electron chi connectivity index (χ3n) is 14.3. The van der Waals surface area contributed by atoms with E-state index in [4.69, 9.17) is 24.3 Å². The maximum absolute atomic E-state index is 17.1. The first-order valence-electron chi connectivity index (χ1n) is 24.6. The minimum Gasteiger partial charge on any atom is -0.484 e. The van der Waals surface area contributed by atoms with Gasteiger partial charge in [0, 0.05) is 36.0 Å². The predicted molar refractivity (Wildman–Crippen MR) is 279 cm³/mol. The Morgan fingerprint density at radius 1 is 0.808 bits per heavy atom. The van der Waals surface area contributed by atoms with Gasteiger partial charge in [-0.25, -0.2) is 27.4 Å². The van der Waals surface area contributed by atoms with Gasteiger partial charge in [-0.15, -0.1) is 0 Å². The van der Waals surface area contributed by atoms with E-state index in [9.17, 15) is 23.1 Å². The van der Waals surface area contributed by atoms with E-state index in [2.05, 4.69) is 36.4 Å². The lowest BCUT2D eigenvalue weighted by Gasteiger charge is -2.36. The summed E-state index contributed by atoms with van der Waals surface area (Å²) in [6.07, 6.45) is 2.33. The second-order valence-electron chi connectivity index (χ2n) is 20.0. The number of carboxylic acid groups (broad SMARTS) is 1. The van der Waals surface area contributed by atoms with Gasteiger partial charge in [-0.2, -0.15) is 5.10 Å². The lowest BCUT2D eigenvalue weighted by molar-refractivity contribution is 0.0600. The average molecular weight is 1000 g/mol. The molecule has 2 aliphatic rings. The normalized spacial score (nSPS) is 15.2. The Kier molecular flexibility index (Phi) is 12.8. The van der Waals surface area contributed by atoms with Crippen LogP contribution in [0.5, 0.6) is 11.5 Å². The van der Waals surface area contributed by atoms with Gasteiger partial charge in [0.25, 0.3) is 0 Å². The Bertz CT molecular complexity index is 3420. The van der Waals surface area contributed by atoms with Gasteiger partial charge in [0.1, 0.15) is 24.1 Å². The first-order chi connectivity index (χ1) is 35.0. The highest BCUT2D eigenvalue weighted by atomic mass is 32.2. The first kappa shape index (κ1) is 49.0.